The standard InChI is InChI=1S/C24H29N7O2/c1-29-6-8-30(9-7-29)17-19-2-4-21(5-3-19)33-23-14-22(20-15-25-18-26-16-20)27-24(28-23)31-10-12-32-13-11-31/h2-5,14-16,18H,6-13,17H2,1H3. The SMILES string of the molecule is CN1CCN(Cc2ccc(Oc3cc(-c4cncnc4)nc(N4CCOCC4)n3)cc2)CC1. The molecule has 1 aromatic carbocycles. The largest absolute Gasteiger partial charge is 0.439 e. The maximum Gasteiger partial charge on any atom is 0.229 e. The number of likely N-dealkylation sites (N-methyl/N-ethyl adjacent to an activating group) is 1. The van der Waals surface area contributed by atoms with E-state index in [0.29, 0.717) is 25.0 Å². The second kappa shape index (κ2) is 10.2. The molecule has 0 N–H and O–H groups in total. The number of aromatic nitrogens is 4. The fraction of sp³-hybridized carbons (Fsp3) is 0.417. The van der Waals surface area contributed by atoms with Crippen molar-refractivity contribution >= 4 is 5.95 Å². The molecule has 0 atom stereocenters. The summed E-state index contributed by atoms with van der Waals surface area (Å²) in [6.07, 6.45) is 5.00. The fourth-order valence-corrected chi connectivity index (χ4v) is 4.00. The average molecular weight is 448 g/mol. The van der Waals surface area contributed by atoms with Crippen molar-refractivity contribution in [3.63, 3.8) is 0 Å². The van der Waals surface area contributed by atoms with Crippen molar-refractivity contribution < 1.29 is 9.47 Å². The van der Waals surface area contributed by atoms with Gasteiger partial charge in [-0.05, 0) is 24.7 Å². The number of ether oxygens (including phenoxy) is 2. The first-order valence-electron chi connectivity index (χ1n) is 11.4. The summed E-state index contributed by atoms with van der Waals surface area (Å²) >= 11 is 0. The lowest BCUT2D eigenvalue weighted by molar-refractivity contribution is 0.122. The van der Waals surface area contributed by atoms with Gasteiger partial charge >= 0.3 is 0 Å². The van der Waals surface area contributed by atoms with Crippen LogP contribution in [0.4, 0.5) is 5.95 Å². The van der Waals surface area contributed by atoms with Gasteiger partial charge in [-0.15, -0.1) is 0 Å². The van der Waals surface area contributed by atoms with Crippen LogP contribution in [0.2, 0.25) is 0 Å². The van der Waals surface area contributed by atoms with Gasteiger partial charge in [0, 0.05) is 69.8 Å². The molecule has 5 rings (SSSR count). The summed E-state index contributed by atoms with van der Waals surface area (Å²) < 4.78 is 11.6. The molecule has 9 nitrogen and oxygen atoms in total. The lowest BCUT2D eigenvalue weighted by atomic mass is 10.2. The molecule has 33 heavy (non-hydrogen) atoms. The number of hydrogen-bond donors (Lipinski definition) is 0. The molecule has 0 unspecified atom stereocenters. The second-order valence-electron chi connectivity index (χ2n) is 8.44. The molecule has 0 saturated carbocycles. The van der Waals surface area contributed by atoms with Crippen LogP contribution in [-0.2, 0) is 11.3 Å². The molecule has 0 spiro atoms. The van der Waals surface area contributed by atoms with Crippen LogP contribution >= 0.6 is 0 Å². The Morgan fingerprint density at radius 2 is 1.64 bits per heavy atom. The van der Waals surface area contributed by atoms with Gasteiger partial charge in [-0.25, -0.2) is 15.0 Å². The highest BCUT2D eigenvalue weighted by molar-refractivity contribution is 5.60. The number of piperazine rings is 1. The van der Waals surface area contributed by atoms with Crippen LogP contribution < -0.4 is 9.64 Å². The van der Waals surface area contributed by atoms with Crippen molar-refractivity contribution in [2.24, 2.45) is 0 Å². The van der Waals surface area contributed by atoms with Gasteiger partial charge in [-0.2, -0.15) is 4.98 Å². The van der Waals surface area contributed by atoms with Crippen LogP contribution in [0.15, 0.2) is 49.1 Å². The smallest absolute Gasteiger partial charge is 0.229 e. The predicted molar refractivity (Wildman–Crippen MR) is 125 cm³/mol. The summed E-state index contributed by atoms with van der Waals surface area (Å²) in [5, 5.41) is 0. The van der Waals surface area contributed by atoms with E-state index in [1.165, 1.54) is 11.9 Å². The zero-order valence-corrected chi connectivity index (χ0v) is 18.9. The Morgan fingerprint density at radius 3 is 2.36 bits per heavy atom. The third-order valence-corrected chi connectivity index (χ3v) is 5.99. The lowest BCUT2D eigenvalue weighted by Crippen LogP contribution is -2.43. The Kier molecular flexibility index (Phi) is 6.71. The Bertz CT molecular complexity index is 1030. The highest BCUT2D eigenvalue weighted by Crippen LogP contribution is 2.27. The molecule has 0 aliphatic carbocycles. The van der Waals surface area contributed by atoms with Gasteiger partial charge in [-0.3, -0.25) is 4.90 Å². The molecule has 4 heterocycles. The zero-order chi connectivity index (χ0) is 22.5. The first-order chi connectivity index (χ1) is 16.2. The van der Waals surface area contributed by atoms with E-state index in [9.17, 15) is 0 Å². The quantitative estimate of drug-likeness (QED) is 0.565. The summed E-state index contributed by atoms with van der Waals surface area (Å²) in [5.41, 5.74) is 2.83. The monoisotopic (exact) mass is 447 g/mol. The molecule has 0 amide bonds. The number of nitrogens with zero attached hydrogens (tertiary/aromatic N) is 7. The van der Waals surface area contributed by atoms with Gasteiger partial charge in [-0.1, -0.05) is 12.1 Å². The van der Waals surface area contributed by atoms with Crippen molar-refractivity contribution in [1.29, 1.82) is 0 Å². The first kappa shape index (κ1) is 21.7. The number of benzene rings is 1. The normalized spacial score (nSPS) is 17.8. The predicted octanol–water partition coefficient (Wildman–Crippen LogP) is 2.31. The van der Waals surface area contributed by atoms with E-state index in [4.69, 9.17) is 14.5 Å². The van der Waals surface area contributed by atoms with Crippen LogP contribution in [-0.4, -0.2) is 89.3 Å². The highest BCUT2D eigenvalue weighted by atomic mass is 16.5. The molecule has 2 fully saturated rings. The Labute approximate surface area is 194 Å². The van der Waals surface area contributed by atoms with E-state index < -0.39 is 0 Å². The molecule has 2 aliphatic heterocycles. The van der Waals surface area contributed by atoms with E-state index in [1.54, 1.807) is 12.4 Å². The van der Waals surface area contributed by atoms with Crippen LogP contribution in [0.25, 0.3) is 11.3 Å². The molecule has 2 saturated heterocycles. The van der Waals surface area contributed by atoms with Crippen molar-refractivity contribution in [2.45, 2.75) is 6.54 Å². The van der Waals surface area contributed by atoms with Gasteiger partial charge in [0.25, 0.3) is 0 Å². The van der Waals surface area contributed by atoms with Crippen LogP contribution in [0.1, 0.15) is 5.56 Å². The van der Waals surface area contributed by atoms with Crippen molar-refractivity contribution in [3.8, 4) is 22.9 Å². The van der Waals surface area contributed by atoms with E-state index >= 15 is 0 Å². The van der Waals surface area contributed by atoms with E-state index in [2.05, 4.69) is 48.8 Å². The summed E-state index contributed by atoms with van der Waals surface area (Å²) in [4.78, 5) is 24.7. The van der Waals surface area contributed by atoms with Gasteiger partial charge in [0.05, 0.1) is 18.9 Å². The third-order valence-electron chi connectivity index (χ3n) is 5.99. The summed E-state index contributed by atoms with van der Waals surface area (Å²) in [6.45, 7) is 8.22. The molecule has 9 heteroatoms. The maximum atomic E-state index is 6.16. The van der Waals surface area contributed by atoms with Crippen LogP contribution in [0.5, 0.6) is 11.6 Å². The fourth-order valence-electron chi connectivity index (χ4n) is 4.00. The molecule has 2 aromatic heterocycles. The Morgan fingerprint density at radius 1 is 0.909 bits per heavy atom. The lowest BCUT2D eigenvalue weighted by Gasteiger charge is -2.32. The second-order valence-corrected chi connectivity index (χ2v) is 8.44. The minimum atomic E-state index is 0.497. The number of rotatable bonds is 6. The highest BCUT2D eigenvalue weighted by Gasteiger charge is 2.18. The number of morpholine rings is 1. The maximum absolute atomic E-state index is 6.16. The molecular weight excluding hydrogens is 418 g/mol. The van der Waals surface area contributed by atoms with Crippen molar-refractivity contribution in [1.82, 2.24) is 29.7 Å². The Balaban J connectivity index is 1.33. The minimum absolute atomic E-state index is 0.497. The van der Waals surface area contributed by atoms with Gasteiger partial charge in [0.2, 0.25) is 11.8 Å². The molecule has 3 aromatic rings. The average Bonchev–Trinajstić information content (AvgIpc) is 2.87. The molecule has 0 bridgehead atoms. The van der Waals surface area contributed by atoms with Gasteiger partial charge in [0.1, 0.15) is 12.1 Å². The van der Waals surface area contributed by atoms with Crippen LogP contribution in [0, 0.1) is 0 Å². The molecule has 2 aliphatic rings. The van der Waals surface area contributed by atoms with Gasteiger partial charge in [0.15, 0.2) is 0 Å². The van der Waals surface area contributed by atoms with Crippen molar-refractivity contribution in [3.05, 3.63) is 54.6 Å². The molecular formula is C24H29N7O2. The van der Waals surface area contributed by atoms with Crippen molar-refractivity contribution in [2.75, 3.05) is 64.4 Å². The Hall–Kier alpha value is -3.14. The summed E-state index contributed by atoms with van der Waals surface area (Å²) in [7, 11) is 2.18. The third kappa shape index (κ3) is 5.62. The van der Waals surface area contributed by atoms with E-state index in [-0.39, 0.29) is 0 Å². The van der Waals surface area contributed by atoms with Gasteiger partial charge < -0.3 is 19.3 Å². The van der Waals surface area contributed by atoms with E-state index in [0.717, 1.165) is 62.8 Å². The van der Waals surface area contributed by atoms with E-state index in [1.807, 2.05) is 18.2 Å². The van der Waals surface area contributed by atoms with Crippen LogP contribution in [0.3, 0.4) is 0 Å². The summed E-state index contributed by atoms with van der Waals surface area (Å²) in [5.74, 6) is 1.87. The molecule has 172 valence electrons. The first-order valence-corrected chi connectivity index (χ1v) is 11.4. The topological polar surface area (TPSA) is 79.7 Å². The summed E-state index contributed by atoms with van der Waals surface area (Å²) in [6, 6.07) is 10.1. The zero-order valence-electron chi connectivity index (χ0n) is 18.9. The minimum Gasteiger partial charge on any atom is -0.439 e. The number of anilines is 1. The molecule has 0 radical (unpaired) electrons. The number of hydrogen-bond acceptors (Lipinski definition) is 9.